The number of H-pyrrole nitrogens is 1. The molecule has 1 aliphatic heterocycles. The second-order valence-corrected chi connectivity index (χ2v) is 7.98. The monoisotopic (exact) mass is 416 g/mol. The highest BCUT2D eigenvalue weighted by atomic mass is 19.1. The summed E-state index contributed by atoms with van der Waals surface area (Å²) in [6.07, 6.45) is 7.33. The summed E-state index contributed by atoms with van der Waals surface area (Å²) in [6.45, 7) is 3.87. The van der Waals surface area contributed by atoms with Gasteiger partial charge in [-0.05, 0) is 36.9 Å². The van der Waals surface area contributed by atoms with Crippen LogP contribution < -0.4 is 0 Å². The molecule has 1 N–H and O–H groups in total. The lowest BCUT2D eigenvalue weighted by molar-refractivity contribution is 0.127. The van der Waals surface area contributed by atoms with Gasteiger partial charge < -0.3 is 9.47 Å². The molecule has 5 rings (SSSR count). The van der Waals surface area contributed by atoms with E-state index in [1.54, 1.807) is 24.7 Å². The number of hydrogen-bond acceptors (Lipinski definition) is 4. The van der Waals surface area contributed by atoms with Crippen LogP contribution in [0.4, 0.5) is 4.39 Å². The molecule has 1 aliphatic rings. The molecule has 2 aromatic carbocycles. The standard InChI is InChI=1S/C24H25FN6/c1-29-12-14-30(15-13-29)24(18-6-8-19(9-7-18)31-11-10-26-17-31)21-16-27-28-23(21)20-4-2-3-5-22(20)25/h2-11,16-17,24H,12-15H2,1H3,(H,27,28). The Morgan fingerprint density at radius 2 is 1.77 bits per heavy atom. The summed E-state index contributed by atoms with van der Waals surface area (Å²) in [5.41, 5.74) is 4.49. The van der Waals surface area contributed by atoms with E-state index in [2.05, 4.69) is 56.3 Å². The lowest BCUT2D eigenvalue weighted by Gasteiger charge is -2.38. The first kappa shape index (κ1) is 19.7. The van der Waals surface area contributed by atoms with Crippen molar-refractivity contribution in [3.8, 4) is 16.9 Å². The first-order valence-corrected chi connectivity index (χ1v) is 10.5. The van der Waals surface area contributed by atoms with E-state index in [-0.39, 0.29) is 11.9 Å². The molecular formula is C24H25FN6. The Kier molecular flexibility index (Phi) is 5.36. The van der Waals surface area contributed by atoms with Crippen molar-refractivity contribution in [1.29, 1.82) is 0 Å². The van der Waals surface area contributed by atoms with Crippen molar-refractivity contribution in [3.05, 3.63) is 90.4 Å². The average molecular weight is 417 g/mol. The molecule has 0 amide bonds. The number of imidazole rings is 1. The molecule has 158 valence electrons. The minimum absolute atomic E-state index is 0.0149. The zero-order valence-electron chi connectivity index (χ0n) is 17.4. The Hall–Kier alpha value is -3.29. The second-order valence-electron chi connectivity index (χ2n) is 7.98. The van der Waals surface area contributed by atoms with Gasteiger partial charge in [0.05, 0.1) is 24.3 Å². The van der Waals surface area contributed by atoms with Gasteiger partial charge in [-0.3, -0.25) is 10.00 Å². The summed E-state index contributed by atoms with van der Waals surface area (Å²) in [5.74, 6) is -0.249. The number of nitrogens with one attached hydrogen (secondary N) is 1. The maximum absolute atomic E-state index is 14.6. The van der Waals surface area contributed by atoms with Crippen LogP contribution in [-0.4, -0.2) is 62.8 Å². The highest BCUT2D eigenvalue weighted by Gasteiger charge is 2.29. The average Bonchev–Trinajstić information content (AvgIpc) is 3.49. The number of nitrogens with zero attached hydrogens (tertiary/aromatic N) is 5. The summed E-state index contributed by atoms with van der Waals surface area (Å²) in [4.78, 5) is 8.93. The maximum Gasteiger partial charge on any atom is 0.132 e. The summed E-state index contributed by atoms with van der Waals surface area (Å²) < 4.78 is 16.6. The van der Waals surface area contributed by atoms with Gasteiger partial charge in [-0.1, -0.05) is 24.3 Å². The third-order valence-corrected chi connectivity index (χ3v) is 6.02. The first-order valence-electron chi connectivity index (χ1n) is 10.5. The van der Waals surface area contributed by atoms with Gasteiger partial charge in [-0.15, -0.1) is 0 Å². The van der Waals surface area contributed by atoms with Crippen molar-refractivity contribution in [2.75, 3.05) is 33.2 Å². The number of hydrogen-bond donors (Lipinski definition) is 1. The van der Waals surface area contributed by atoms with E-state index in [0.717, 1.165) is 48.7 Å². The molecule has 1 fully saturated rings. The van der Waals surface area contributed by atoms with Crippen LogP contribution in [0.5, 0.6) is 0 Å². The number of piperazine rings is 1. The zero-order valence-corrected chi connectivity index (χ0v) is 17.4. The molecule has 0 saturated carbocycles. The first-order chi connectivity index (χ1) is 15.2. The van der Waals surface area contributed by atoms with Crippen LogP contribution in [0.2, 0.25) is 0 Å². The van der Waals surface area contributed by atoms with E-state index < -0.39 is 0 Å². The quantitative estimate of drug-likeness (QED) is 0.539. The molecular weight excluding hydrogens is 391 g/mol. The Morgan fingerprint density at radius 3 is 2.48 bits per heavy atom. The van der Waals surface area contributed by atoms with Gasteiger partial charge >= 0.3 is 0 Å². The molecule has 7 heteroatoms. The Labute approximate surface area is 181 Å². The van der Waals surface area contributed by atoms with Crippen LogP contribution in [0.1, 0.15) is 17.2 Å². The van der Waals surface area contributed by atoms with E-state index in [4.69, 9.17) is 0 Å². The summed E-state index contributed by atoms with van der Waals surface area (Å²) in [7, 11) is 2.15. The fourth-order valence-corrected chi connectivity index (χ4v) is 4.29. The number of aromatic nitrogens is 4. The molecule has 0 radical (unpaired) electrons. The molecule has 31 heavy (non-hydrogen) atoms. The van der Waals surface area contributed by atoms with E-state index >= 15 is 0 Å². The molecule has 2 aromatic heterocycles. The molecule has 6 nitrogen and oxygen atoms in total. The van der Waals surface area contributed by atoms with Crippen LogP contribution >= 0.6 is 0 Å². The van der Waals surface area contributed by atoms with Crippen molar-refractivity contribution >= 4 is 0 Å². The lowest BCUT2D eigenvalue weighted by atomic mass is 9.94. The smallest absolute Gasteiger partial charge is 0.132 e. The van der Waals surface area contributed by atoms with Crippen LogP contribution in [0, 0.1) is 5.82 Å². The SMILES string of the molecule is CN1CCN(C(c2ccc(-n3ccnc3)cc2)c2cn[nH]c2-c2ccccc2F)CC1. The fraction of sp³-hybridized carbons (Fsp3) is 0.250. The largest absolute Gasteiger partial charge is 0.306 e. The Bertz CT molecular complexity index is 1130. The highest BCUT2D eigenvalue weighted by molar-refractivity contribution is 5.65. The molecule has 1 saturated heterocycles. The van der Waals surface area contributed by atoms with Crippen LogP contribution in [0.25, 0.3) is 16.9 Å². The van der Waals surface area contributed by atoms with Crippen molar-refractivity contribution < 1.29 is 4.39 Å². The van der Waals surface area contributed by atoms with Crippen LogP contribution in [0.3, 0.4) is 0 Å². The number of likely N-dealkylation sites (N-methyl/N-ethyl adjacent to an activating group) is 1. The molecule has 4 aromatic rings. The van der Waals surface area contributed by atoms with Gasteiger partial charge in [-0.2, -0.15) is 5.10 Å². The summed E-state index contributed by atoms with van der Waals surface area (Å²) in [6, 6.07) is 15.3. The molecule has 1 atom stereocenters. The van der Waals surface area contributed by atoms with Gasteiger partial charge in [0.1, 0.15) is 5.82 Å². The van der Waals surface area contributed by atoms with E-state index in [0.29, 0.717) is 5.56 Å². The van der Waals surface area contributed by atoms with Crippen molar-refractivity contribution in [2.45, 2.75) is 6.04 Å². The number of aromatic amines is 1. The van der Waals surface area contributed by atoms with Gasteiger partial charge in [0, 0.05) is 55.4 Å². The number of halogens is 1. The molecule has 3 heterocycles. The molecule has 0 aliphatic carbocycles. The predicted octanol–water partition coefficient (Wildman–Crippen LogP) is 3.74. The number of benzene rings is 2. The van der Waals surface area contributed by atoms with Gasteiger partial charge in [0.15, 0.2) is 0 Å². The zero-order chi connectivity index (χ0) is 21.2. The van der Waals surface area contributed by atoms with Gasteiger partial charge in [-0.25, -0.2) is 9.37 Å². The van der Waals surface area contributed by atoms with Crippen molar-refractivity contribution in [1.82, 2.24) is 29.5 Å². The van der Waals surface area contributed by atoms with E-state index in [1.165, 1.54) is 6.07 Å². The minimum atomic E-state index is -0.249. The predicted molar refractivity (Wildman–Crippen MR) is 118 cm³/mol. The van der Waals surface area contributed by atoms with E-state index in [9.17, 15) is 4.39 Å². The maximum atomic E-state index is 14.6. The van der Waals surface area contributed by atoms with Crippen molar-refractivity contribution in [2.24, 2.45) is 0 Å². The normalized spacial score (nSPS) is 16.5. The van der Waals surface area contributed by atoms with Crippen LogP contribution in [0.15, 0.2) is 73.4 Å². The molecule has 1 unspecified atom stereocenters. The fourth-order valence-electron chi connectivity index (χ4n) is 4.29. The van der Waals surface area contributed by atoms with Gasteiger partial charge in [0.2, 0.25) is 0 Å². The van der Waals surface area contributed by atoms with Gasteiger partial charge in [0.25, 0.3) is 0 Å². The third-order valence-electron chi connectivity index (χ3n) is 6.02. The summed E-state index contributed by atoms with van der Waals surface area (Å²) in [5, 5.41) is 7.37. The third kappa shape index (κ3) is 3.89. The highest BCUT2D eigenvalue weighted by Crippen LogP contribution is 2.36. The number of rotatable bonds is 5. The van der Waals surface area contributed by atoms with Crippen molar-refractivity contribution in [3.63, 3.8) is 0 Å². The minimum Gasteiger partial charge on any atom is -0.306 e. The summed E-state index contributed by atoms with van der Waals surface area (Å²) >= 11 is 0. The second kappa shape index (κ2) is 8.45. The Morgan fingerprint density at radius 1 is 1.00 bits per heavy atom. The van der Waals surface area contributed by atoms with Crippen LogP contribution in [-0.2, 0) is 0 Å². The Balaban J connectivity index is 1.56. The van der Waals surface area contributed by atoms with E-state index in [1.807, 2.05) is 23.0 Å². The molecule has 0 bridgehead atoms. The molecule has 0 spiro atoms. The topological polar surface area (TPSA) is 53.0 Å². The lowest BCUT2D eigenvalue weighted by Crippen LogP contribution is -2.46.